The summed E-state index contributed by atoms with van der Waals surface area (Å²) in [5, 5.41) is 3.28. The third-order valence-electron chi connectivity index (χ3n) is 10.2. The molecule has 2 aromatic heterocycles. The fraction of sp³-hybridized carbons (Fsp3) is 0.372. The van der Waals surface area contributed by atoms with Crippen molar-refractivity contribution in [3.63, 3.8) is 0 Å². The van der Waals surface area contributed by atoms with Gasteiger partial charge in [0.05, 0.1) is 99.9 Å². The van der Waals surface area contributed by atoms with Gasteiger partial charge in [0.2, 0.25) is 5.95 Å². The lowest BCUT2D eigenvalue weighted by atomic mass is 10.1. The van der Waals surface area contributed by atoms with Crippen LogP contribution in [0.25, 0.3) is 22.3 Å². The molecule has 5 aromatic rings. The van der Waals surface area contributed by atoms with Gasteiger partial charge in [-0.1, -0.05) is 0 Å². The molecule has 2 aliphatic rings. The molecule has 0 aliphatic carbocycles. The number of morpholine rings is 2. The van der Waals surface area contributed by atoms with Crippen molar-refractivity contribution in [2.24, 2.45) is 0 Å². The number of hydrogen-bond acceptors (Lipinski definition) is 14. The molecule has 0 spiro atoms. The number of esters is 1. The molecular weight excluding hydrogens is 926 g/mol. The first-order valence-electron chi connectivity index (χ1n) is 19.9. The molecule has 4 heterocycles. The van der Waals surface area contributed by atoms with Crippen LogP contribution in [-0.4, -0.2) is 105 Å². The maximum Gasteiger partial charge on any atom is 0.308 e. The summed E-state index contributed by atoms with van der Waals surface area (Å²) in [6.45, 7) is 7.66. The van der Waals surface area contributed by atoms with Gasteiger partial charge in [-0.25, -0.2) is 23.6 Å². The number of ether oxygens (including phenoxy) is 5. The molecule has 7 rings (SSSR count). The number of benzene rings is 3. The van der Waals surface area contributed by atoms with Crippen LogP contribution in [0, 0.1) is 21.0 Å². The standard InChI is InChI=1S/C43H45F3IN7O8/c1-25-22-59-16-13-53(25)41-31-7-10-34(49-40(31)50-43(51-41)54-14-17-60-23-26(54)2)27-4-11-36(57-3)28(20-27)24-61-37(55)12-15-58-18-19-62-52-42(56)30-6-8-32(44)38(46)39(30)48-35-9-5-29(47)21-33(35)45/h4-11,20-21,25-26,48H,12-19,22-24H2,1-3H3,(H,52,56)/t25-,26-/m1/s1. The Kier molecular flexibility index (Phi) is 14.9. The Hall–Kier alpha value is -5.35. The highest BCUT2D eigenvalue weighted by molar-refractivity contribution is 14.1. The number of amides is 1. The summed E-state index contributed by atoms with van der Waals surface area (Å²) < 4.78 is 71.8. The smallest absolute Gasteiger partial charge is 0.308 e. The molecule has 0 saturated carbocycles. The lowest BCUT2D eigenvalue weighted by Crippen LogP contribution is -2.46. The second-order valence-electron chi connectivity index (χ2n) is 14.5. The van der Waals surface area contributed by atoms with Crippen molar-refractivity contribution < 1.29 is 51.3 Å². The Morgan fingerprint density at radius 2 is 1.65 bits per heavy atom. The summed E-state index contributed by atoms with van der Waals surface area (Å²) in [5.74, 6) is -2.81. The lowest BCUT2D eigenvalue weighted by Gasteiger charge is -2.37. The normalized spacial score (nSPS) is 16.6. The van der Waals surface area contributed by atoms with Crippen molar-refractivity contribution in [1.29, 1.82) is 0 Å². The van der Waals surface area contributed by atoms with E-state index in [9.17, 15) is 22.8 Å². The summed E-state index contributed by atoms with van der Waals surface area (Å²) >= 11 is 1.91. The number of hydrogen-bond donors (Lipinski definition) is 2. The topological polar surface area (TPSA) is 159 Å². The van der Waals surface area contributed by atoms with Crippen LogP contribution in [0.4, 0.5) is 36.3 Å². The first-order valence-corrected chi connectivity index (χ1v) is 21.0. The fourth-order valence-electron chi connectivity index (χ4n) is 6.96. The summed E-state index contributed by atoms with van der Waals surface area (Å²) in [5.41, 5.74) is 3.71. The van der Waals surface area contributed by atoms with Gasteiger partial charge in [-0.15, -0.1) is 0 Å². The van der Waals surface area contributed by atoms with Crippen molar-refractivity contribution in [3.8, 4) is 17.0 Å². The maximum atomic E-state index is 14.7. The zero-order chi connectivity index (χ0) is 43.8. The second-order valence-corrected chi connectivity index (χ2v) is 15.8. The molecule has 2 atom stereocenters. The quantitative estimate of drug-likeness (QED) is 0.0464. The molecule has 15 nitrogen and oxygen atoms in total. The predicted octanol–water partition coefficient (Wildman–Crippen LogP) is 6.73. The van der Waals surface area contributed by atoms with Gasteiger partial charge in [0.1, 0.15) is 24.0 Å². The number of pyridine rings is 1. The SMILES string of the molecule is COc1ccc(-c2ccc3c(N4CCOC[C@H]4C)nc(N4CCOC[C@H]4C)nc3n2)cc1COC(=O)CCOCCONC(=O)c1ccc(F)c(F)c1Nc1ccc(I)cc1F. The van der Waals surface area contributed by atoms with Crippen molar-refractivity contribution in [1.82, 2.24) is 20.4 Å². The highest BCUT2D eigenvalue weighted by Gasteiger charge is 2.28. The van der Waals surface area contributed by atoms with Crippen molar-refractivity contribution in [2.75, 3.05) is 81.6 Å². The zero-order valence-corrected chi connectivity index (χ0v) is 36.4. The zero-order valence-electron chi connectivity index (χ0n) is 34.2. The van der Waals surface area contributed by atoms with E-state index in [1.54, 1.807) is 12.1 Å². The fourth-order valence-corrected chi connectivity index (χ4v) is 7.41. The van der Waals surface area contributed by atoms with Crippen LogP contribution in [0.1, 0.15) is 36.2 Å². The van der Waals surface area contributed by atoms with Gasteiger partial charge in [-0.2, -0.15) is 9.97 Å². The van der Waals surface area contributed by atoms with Crippen LogP contribution in [0.3, 0.4) is 0 Å². The van der Waals surface area contributed by atoms with Crippen molar-refractivity contribution in [3.05, 3.63) is 92.8 Å². The number of halogens is 4. The number of fused-ring (bicyclic) bond motifs is 1. The summed E-state index contributed by atoms with van der Waals surface area (Å²) in [7, 11) is 1.53. The van der Waals surface area contributed by atoms with E-state index < -0.39 is 35.0 Å². The Bertz CT molecular complexity index is 2420. The van der Waals surface area contributed by atoms with Crippen LogP contribution in [0.15, 0.2) is 60.7 Å². The molecule has 2 N–H and O–H groups in total. The largest absolute Gasteiger partial charge is 0.496 e. The van der Waals surface area contributed by atoms with Crippen molar-refractivity contribution in [2.45, 2.75) is 39.0 Å². The van der Waals surface area contributed by atoms with E-state index in [1.807, 2.05) is 46.9 Å². The van der Waals surface area contributed by atoms with Crippen LogP contribution >= 0.6 is 22.6 Å². The molecular formula is C43H45F3IN7O8. The number of aromatic nitrogens is 3. The van der Waals surface area contributed by atoms with E-state index in [4.69, 9.17) is 43.5 Å². The van der Waals surface area contributed by atoms with Crippen LogP contribution in [0.5, 0.6) is 5.75 Å². The predicted molar refractivity (Wildman–Crippen MR) is 232 cm³/mol. The molecule has 62 heavy (non-hydrogen) atoms. The number of rotatable bonds is 16. The minimum absolute atomic E-state index is 0.00850. The highest BCUT2D eigenvalue weighted by atomic mass is 127. The molecule has 2 saturated heterocycles. The first-order chi connectivity index (χ1) is 30.0. The molecule has 1 amide bonds. The number of nitrogens with one attached hydrogen (secondary N) is 2. The Labute approximate surface area is 369 Å². The molecule has 19 heteroatoms. The van der Waals surface area contributed by atoms with E-state index in [0.717, 1.165) is 28.9 Å². The van der Waals surface area contributed by atoms with Gasteiger partial charge in [0.15, 0.2) is 17.3 Å². The average molecular weight is 972 g/mol. The van der Waals surface area contributed by atoms with Gasteiger partial charge in [0.25, 0.3) is 5.91 Å². The van der Waals surface area contributed by atoms with E-state index in [2.05, 4.69) is 34.4 Å². The molecule has 2 fully saturated rings. The monoisotopic (exact) mass is 971 g/mol. The van der Waals surface area contributed by atoms with E-state index >= 15 is 0 Å². The third kappa shape index (κ3) is 10.6. The molecule has 0 radical (unpaired) electrons. The van der Waals surface area contributed by atoms with Crippen molar-refractivity contribution >= 4 is 68.6 Å². The minimum atomic E-state index is -1.37. The number of carbonyl (C=O) groups excluding carboxylic acids is 2. The van der Waals surface area contributed by atoms with E-state index in [1.165, 1.54) is 19.2 Å². The van der Waals surface area contributed by atoms with Gasteiger partial charge < -0.3 is 38.8 Å². The highest BCUT2D eigenvalue weighted by Crippen LogP contribution is 2.33. The average Bonchev–Trinajstić information content (AvgIpc) is 3.27. The number of nitrogens with zero attached hydrogens (tertiary/aromatic N) is 5. The summed E-state index contributed by atoms with van der Waals surface area (Å²) in [6, 6.07) is 15.6. The van der Waals surface area contributed by atoms with Crippen LogP contribution in [0.2, 0.25) is 0 Å². The summed E-state index contributed by atoms with van der Waals surface area (Å²) in [4.78, 5) is 50.1. The Balaban J connectivity index is 0.927. The molecule has 328 valence electrons. The van der Waals surface area contributed by atoms with Crippen LogP contribution in [-0.2, 0) is 35.2 Å². The molecule has 0 unspecified atom stereocenters. The van der Waals surface area contributed by atoms with E-state index in [0.29, 0.717) is 71.7 Å². The minimum Gasteiger partial charge on any atom is -0.496 e. The van der Waals surface area contributed by atoms with E-state index in [-0.39, 0.29) is 56.2 Å². The second kappa shape index (κ2) is 20.7. The molecule has 2 aliphatic heterocycles. The number of methoxy groups -OCH3 is 1. The van der Waals surface area contributed by atoms with Crippen LogP contribution < -0.4 is 25.3 Å². The van der Waals surface area contributed by atoms with Gasteiger partial charge in [0, 0.05) is 27.8 Å². The Morgan fingerprint density at radius 3 is 2.39 bits per heavy atom. The van der Waals surface area contributed by atoms with Gasteiger partial charge in [-0.3, -0.25) is 14.4 Å². The third-order valence-corrected chi connectivity index (χ3v) is 10.9. The summed E-state index contributed by atoms with van der Waals surface area (Å²) in [6.07, 6.45) is -0.0759. The Morgan fingerprint density at radius 1 is 0.871 bits per heavy atom. The molecule has 3 aromatic carbocycles. The maximum absolute atomic E-state index is 14.7. The van der Waals surface area contributed by atoms with Gasteiger partial charge in [-0.05, 0) is 97.1 Å². The first kappa shape index (κ1) is 44.7. The number of anilines is 4. The number of carbonyl (C=O) groups is 2. The number of hydroxylamine groups is 1. The lowest BCUT2D eigenvalue weighted by molar-refractivity contribution is -0.146. The van der Waals surface area contributed by atoms with Gasteiger partial charge >= 0.3 is 5.97 Å². The molecule has 0 bridgehead atoms.